The highest BCUT2D eigenvalue weighted by Crippen LogP contribution is 2.33. The van der Waals surface area contributed by atoms with Gasteiger partial charge in [-0.2, -0.15) is 5.26 Å². The van der Waals surface area contributed by atoms with Crippen molar-refractivity contribution in [2.75, 3.05) is 18.0 Å². The Bertz CT molecular complexity index is 543. The van der Waals surface area contributed by atoms with Gasteiger partial charge in [-0.25, -0.2) is 4.39 Å². The number of hydrogen-bond acceptors (Lipinski definition) is 4. The number of nitro groups is 1. The third kappa shape index (κ3) is 4.07. The largest absolute Gasteiger partial charge is 0.365 e. The van der Waals surface area contributed by atoms with Crippen molar-refractivity contribution in [3.05, 3.63) is 33.1 Å². The Morgan fingerprint density at radius 2 is 2.20 bits per heavy atom. The molecular weight excluding hydrogens is 285 g/mol. The van der Waals surface area contributed by atoms with Crippen LogP contribution in [0, 0.1) is 33.2 Å². The number of nitrogens with zero attached hydrogens (tertiary/aromatic N) is 3. The highest BCUT2D eigenvalue weighted by atomic mass is 35.5. The molecule has 0 radical (unpaired) electrons. The average Bonchev–Trinajstić information content (AvgIpc) is 2.36. The molecule has 0 aliphatic heterocycles. The van der Waals surface area contributed by atoms with E-state index in [4.69, 9.17) is 16.9 Å². The van der Waals surface area contributed by atoms with Gasteiger partial charge in [0.05, 0.1) is 22.4 Å². The monoisotopic (exact) mass is 299 g/mol. The number of anilines is 1. The average molecular weight is 300 g/mol. The van der Waals surface area contributed by atoms with Crippen molar-refractivity contribution in [2.45, 2.75) is 20.3 Å². The summed E-state index contributed by atoms with van der Waals surface area (Å²) in [7, 11) is 0. The summed E-state index contributed by atoms with van der Waals surface area (Å²) in [6.45, 7) is 4.68. The smallest absolute Gasteiger partial charge is 0.294 e. The van der Waals surface area contributed by atoms with Crippen LogP contribution in [0.15, 0.2) is 12.1 Å². The molecule has 0 bridgehead atoms. The normalized spacial score (nSPS) is 10.4. The first-order valence-electron chi connectivity index (χ1n) is 6.12. The fraction of sp³-hybridized carbons (Fsp3) is 0.462. The second-order valence-corrected chi connectivity index (χ2v) is 5.17. The fourth-order valence-corrected chi connectivity index (χ4v) is 2.02. The number of nitriles is 1. The summed E-state index contributed by atoms with van der Waals surface area (Å²) >= 11 is 5.59. The first-order chi connectivity index (χ1) is 9.36. The Morgan fingerprint density at radius 3 is 2.70 bits per heavy atom. The lowest BCUT2D eigenvalue weighted by Gasteiger charge is -2.25. The van der Waals surface area contributed by atoms with Crippen LogP contribution in [0.4, 0.5) is 15.8 Å². The molecule has 0 heterocycles. The van der Waals surface area contributed by atoms with Crippen LogP contribution in [0.2, 0.25) is 5.02 Å². The molecule has 0 atom stereocenters. The van der Waals surface area contributed by atoms with Crippen LogP contribution >= 0.6 is 11.6 Å². The summed E-state index contributed by atoms with van der Waals surface area (Å²) in [4.78, 5) is 12.1. The van der Waals surface area contributed by atoms with E-state index in [2.05, 4.69) is 0 Å². The van der Waals surface area contributed by atoms with Gasteiger partial charge in [0, 0.05) is 25.2 Å². The van der Waals surface area contributed by atoms with E-state index < -0.39 is 10.7 Å². The van der Waals surface area contributed by atoms with Crippen LogP contribution in [-0.4, -0.2) is 18.0 Å². The molecule has 1 aromatic carbocycles. The van der Waals surface area contributed by atoms with Crippen LogP contribution in [-0.2, 0) is 0 Å². The predicted octanol–water partition coefficient (Wildman–Crippen LogP) is 3.76. The van der Waals surface area contributed by atoms with Crippen molar-refractivity contribution in [3.63, 3.8) is 0 Å². The summed E-state index contributed by atoms with van der Waals surface area (Å²) in [5.41, 5.74) is -0.101. The van der Waals surface area contributed by atoms with Gasteiger partial charge in [-0.05, 0) is 5.92 Å². The Kier molecular flexibility index (Phi) is 5.71. The Labute approximate surface area is 121 Å². The van der Waals surface area contributed by atoms with Crippen LogP contribution in [0.3, 0.4) is 0 Å². The molecular formula is C13H15ClFN3O2. The van der Waals surface area contributed by atoms with Gasteiger partial charge in [0.1, 0.15) is 11.5 Å². The molecule has 0 aliphatic carbocycles. The number of nitro benzene ring substituents is 1. The highest BCUT2D eigenvalue weighted by molar-refractivity contribution is 6.31. The molecule has 5 nitrogen and oxygen atoms in total. The van der Waals surface area contributed by atoms with Gasteiger partial charge in [0.15, 0.2) is 0 Å². The summed E-state index contributed by atoms with van der Waals surface area (Å²) in [6.07, 6.45) is 0.202. The van der Waals surface area contributed by atoms with Gasteiger partial charge < -0.3 is 4.90 Å². The molecule has 0 spiro atoms. The topological polar surface area (TPSA) is 70.2 Å². The Morgan fingerprint density at radius 1 is 1.55 bits per heavy atom. The van der Waals surface area contributed by atoms with Crippen LogP contribution in [0.25, 0.3) is 0 Å². The van der Waals surface area contributed by atoms with Gasteiger partial charge in [0.25, 0.3) is 5.69 Å². The zero-order valence-electron chi connectivity index (χ0n) is 11.3. The third-order valence-corrected chi connectivity index (χ3v) is 2.92. The van der Waals surface area contributed by atoms with Crippen molar-refractivity contribution in [3.8, 4) is 6.07 Å². The molecule has 108 valence electrons. The zero-order chi connectivity index (χ0) is 15.3. The highest BCUT2D eigenvalue weighted by Gasteiger charge is 2.23. The third-order valence-electron chi connectivity index (χ3n) is 2.63. The van der Waals surface area contributed by atoms with Crippen molar-refractivity contribution >= 4 is 23.0 Å². The molecule has 0 fully saturated rings. The minimum atomic E-state index is -0.710. The second kappa shape index (κ2) is 7.06. The van der Waals surface area contributed by atoms with Crippen molar-refractivity contribution < 1.29 is 9.31 Å². The molecule has 1 rings (SSSR count). The van der Waals surface area contributed by atoms with Crippen molar-refractivity contribution in [2.24, 2.45) is 5.92 Å². The minimum absolute atomic E-state index is 0.154. The standard InChI is InChI=1S/C13H15ClFN3O2/c1-9(2)8-17(5-3-4-16)12-7-11(15)10(14)6-13(12)18(19)20/h6-7,9H,3,5,8H2,1-2H3. The molecule has 0 saturated carbocycles. The van der Waals surface area contributed by atoms with Gasteiger partial charge in [0.2, 0.25) is 0 Å². The molecule has 20 heavy (non-hydrogen) atoms. The van der Waals surface area contributed by atoms with Gasteiger partial charge >= 0.3 is 0 Å². The molecule has 7 heteroatoms. The molecule has 0 aromatic heterocycles. The lowest BCUT2D eigenvalue weighted by atomic mass is 10.1. The molecule has 0 N–H and O–H groups in total. The maximum absolute atomic E-state index is 13.6. The molecule has 1 aromatic rings. The SMILES string of the molecule is CC(C)CN(CCC#N)c1cc(F)c(Cl)cc1[N+](=O)[O-]. The molecule has 0 aliphatic rings. The number of rotatable bonds is 6. The molecule has 0 amide bonds. The van der Waals surface area contributed by atoms with E-state index in [1.54, 1.807) is 4.90 Å². The van der Waals surface area contributed by atoms with E-state index in [1.807, 2.05) is 19.9 Å². The summed E-state index contributed by atoms with van der Waals surface area (Å²) < 4.78 is 13.6. The first kappa shape index (κ1) is 16.2. The first-order valence-corrected chi connectivity index (χ1v) is 6.50. The quantitative estimate of drug-likeness (QED) is 0.592. The van der Waals surface area contributed by atoms with Crippen LogP contribution in [0.1, 0.15) is 20.3 Å². The van der Waals surface area contributed by atoms with E-state index >= 15 is 0 Å². The minimum Gasteiger partial charge on any atom is -0.365 e. The summed E-state index contributed by atoms with van der Waals surface area (Å²) in [5, 5.41) is 19.5. The van der Waals surface area contributed by atoms with Gasteiger partial charge in [-0.1, -0.05) is 25.4 Å². The van der Waals surface area contributed by atoms with E-state index in [1.165, 1.54) is 0 Å². The van der Waals surface area contributed by atoms with Crippen LogP contribution < -0.4 is 4.90 Å². The number of benzene rings is 1. The van der Waals surface area contributed by atoms with Crippen LogP contribution in [0.5, 0.6) is 0 Å². The van der Waals surface area contributed by atoms with E-state index in [0.717, 1.165) is 12.1 Å². The maximum Gasteiger partial charge on any atom is 0.294 e. The lowest BCUT2D eigenvalue weighted by Crippen LogP contribution is -2.29. The van der Waals surface area contributed by atoms with E-state index in [0.29, 0.717) is 13.1 Å². The second-order valence-electron chi connectivity index (χ2n) is 4.76. The Balaban J connectivity index is 3.26. The summed E-state index contributed by atoms with van der Waals surface area (Å²) in [5.74, 6) is -0.495. The molecule has 0 unspecified atom stereocenters. The predicted molar refractivity (Wildman–Crippen MR) is 75.3 cm³/mol. The van der Waals surface area contributed by atoms with Gasteiger partial charge in [-0.15, -0.1) is 0 Å². The fourth-order valence-electron chi connectivity index (χ4n) is 1.86. The number of halogens is 2. The van der Waals surface area contributed by atoms with Crippen molar-refractivity contribution in [1.29, 1.82) is 5.26 Å². The van der Waals surface area contributed by atoms with E-state index in [9.17, 15) is 14.5 Å². The summed E-state index contributed by atoms with van der Waals surface area (Å²) in [6, 6.07) is 4.05. The van der Waals surface area contributed by atoms with Gasteiger partial charge in [-0.3, -0.25) is 10.1 Å². The maximum atomic E-state index is 13.6. The molecule has 0 saturated heterocycles. The zero-order valence-corrected chi connectivity index (χ0v) is 12.0. The van der Waals surface area contributed by atoms with E-state index in [-0.39, 0.29) is 28.7 Å². The Hall–Kier alpha value is -1.87. The van der Waals surface area contributed by atoms with Crippen molar-refractivity contribution in [1.82, 2.24) is 0 Å². The lowest BCUT2D eigenvalue weighted by molar-refractivity contribution is -0.384. The number of hydrogen-bond donors (Lipinski definition) is 0.